The summed E-state index contributed by atoms with van der Waals surface area (Å²) in [7, 11) is -1.62. The van der Waals surface area contributed by atoms with Gasteiger partial charge in [-0.15, -0.1) is 0 Å². The number of aliphatic carboxylic acids is 1. The maximum absolute atomic E-state index is 13.5. The fourth-order valence-electron chi connectivity index (χ4n) is 6.29. The topological polar surface area (TPSA) is 113 Å². The molecule has 2 fully saturated rings. The number of nitrogens with zero attached hydrogens (tertiary/aromatic N) is 1. The van der Waals surface area contributed by atoms with E-state index in [2.05, 4.69) is 22.0 Å². The van der Waals surface area contributed by atoms with Gasteiger partial charge in [-0.1, -0.05) is 49.6 Å². The van der Waals surface area contributed by atoms with Crippen LogP contribution in [0.15, 0.2) is 42.5 Å². The zero-order chi connectivity index (χ0) is 31.0. The number of sulfone groups is 1. The number of aryl methyl sites for hydroxylation is 1. The van der Waals surface area contributed by atoms with Crippen molar-refractivity contribution in [3.8, 4) is 11.1 Å². The first-order valence-corrected chi connectivity index (χ1v) is 18.4. The van der Waals surface area contributed by atoms with Crippen molar-refractivity contribution in [2.45, 2.75) is 75.7 Å². The van der Waals surface area contributed by atoms with Crippen molar-refractivity contribution in [1.29, 1.82) is 0 Å². The Morgan fingerprint density at radius 1 is 1.12 bits per heavy atom. The molecule has 1 amide bonds. The Labute approximate surface area is 260 Å². The van der Waals surface area contributed by atoms with E-state index in [0.29, 0.717) is 23.5 Å². The van der Waals surface area contributed by atoms with Crippen molar-refractivity contribution < 1.29 is 27.9 Å². The van der Waals surface area contributed by atoms with Gasteiger partial charge in [0.05, 0.1) is 12.4 Å². The second kappa shape index (κ2) is 15.5. The number of nitrogens with one attached hydrogen (secondary N) is 1. The van der Waals surface area contributed by atoms with E-state index in [1.54, 1.807) is 13.2 Å². The predicted octanol–water partition coefficient (Wildman–Crippen LogP) is 5.18. The number of carbonyl (C=O) groups excluding carboxylic acids is 1. The van der Waals surface area contributed by atoms with Crippen LogP contribution in [0, 0.1) is 12.8 Å². The highest BCUT2D eigenvalue weighted by atomic mass is 32.2. The number of carboxylic acids is 1. The van der Waals surface area contributed by atoms with Gasteiger partial charge in [-0.3, -0.25) is 9.69 Å². The Kier molecular flexibility index (Phi) is 12.1. The zero-order valence-corrected chi connectivity index (χ0v) is 27.2. The monoisotopic (exact) mass is 630 g/mol. The number of carboxylic acid groups (broad SMARTS) is 1. The first-order valence-electron chi connectivity index (χ1n) is 15.3. The maximum atomic E-state index is 13.5. The fraction of sp³-hybridized carbons (Fsp3) is 0.576. The Balaban J connectivity index is 1.54. The SMILES string of the molecule is COC[C@H]1C[C@H](SCC2CCCCC2)CN1Cc1ccc(C(=O)N[C@@H](CCS(C)(=O)=O)C(=O)O)c(-c2ccccc2C)c1. The number of methoxy groups -OCH3 is 1. The first kappa shape index (κ1) is 33.5. The van der Waals surface area contributed by atoms with Gasteiger partial charge in [0.15, 0.2) is 0 Å². The summed E-state index contributed by atoms with van der Waals surface area (Å²) in [5.74, 6) is -0.0487. The minimum atomic E-state index is -3.38. The van der Waals surface area contributed by atoms with Gasteiger partial charge in [0, 0.05) is 43.3 Å². The highest BCUT2D eigenvalue weighted by Gasteiger charge is 2.33. The lowest BCUT2D eigenvalue weighted by molar-refractivity contribution is -0.139. The molecule has 2 aromatic carbocycles. The minimum absolute atomic E-state index is 0.201. The molecule has 10 heteroatoms. The number of benzene rings is 2. The predicted molar refractivity (Wildman–Crippen MR) is 173 cm³/mol. The zero-order valence-electron chi connectivity index (χ0n) is 25.6. The summed E-state index contributed by atoms with van der Waals surface area (Å²) in [6.45, 7) is 4.38. The number of hydrogen-bond acceptors (Lipinski definition) is 7. The van der Waals surface area contributed by atoms with Crippen LogP contribution in [0.1, 0.15) is 66.4 Å². The number of amides is 1. The van der Waals surface area contributed by atoms with Gasteiger partial charge in [0.25, 0.3) is 5.91 Å². The van der Waals surface area contributed by atoms with Crippen molar-refractivity contribution in [2.24, 2.45) is 5.92 Å². The average Bonchev–Trinajstić information content (AvgIpc) is 3.35. The molecule has 1 saturated heterocycles. The number of carbonyl (C=O) groups is 2. The van der Waals surface area contributed by atoms with E-state index in [-0.39, 0.29) is 12.2 Å². The average molecular weight is 631 g/mol. The largest absolute Gasteiger partial charge is 0.480 e. The van der Waals surface area contributed by atoms with Gasteiger partial charge in [-0.05, 0) is 78.7 Å². The molecular formula is C33H46N2O6S2. The lowest BCUT2D eigenvalue weighted by Gasteiger charge is -2.25. The standard InChI is InChI=1S/C33H46N2O6S2/c1-23-9-7-8-12-28(23)30-17-25(13-14-29(30)32(36)34-31(33(37)38)15-16-43(3,39)40)19-35-20-27(18-26(35)21-41-2)42-22-24-10-5-4-6-11-24/h7-9,12-14,17,24,26-27,31H,4-6,10-11,15-16,18-22H2,1-3H3,(H,34,36)(H,37,38)/t26-,27+,31+/m1/s1. The van der Waals surface area contributed by atoms with E-state index in [4.69, 9.17) is 4.74 Å². The van der Waals surface area contributed by atoms with Crippen LogP contribution in [-0.2, 0) is 25.9 Å². The van der Waals surface area contributed by atoms with Gasteiger partial charge in [-0.2, -0.15) is 11.8 Å². The molecule has 8 nitrogen and oxygen atoms in total. The molecule has 0 radical (unpaired) electrons. The Hall–Kier alpha value is -2.40. The van der Waals surface area contributed by atoms with Crippen molar-refractivity contribution in [2.75, 3.05) is 38.0 Å². The van der Waals surface area contributed by atoms with E-state index in [1.165, 1.54) is 37.9 Å². The molecule has 3 atom stereocenters. The van der Waals surface area contributed by atoms with E-state index >= 15 is 0 Å². The molecule has 0 bridgehead atoms. The van der Waals surface area contributed by atoms with E-state index < -0.39 is 27.8 Å². The van der Waals surface area contributed by atoms with Crippen LogP contribution >= 0.6 is 11.8 Å². The molecule has 1 aliphatic heterocycles. The third-order valence-electron chi connectivity index (χ3n) is 8.67. The molecule has 2 aromatic rings. The molecule has 0 aromatic heterocycles. The van der Waals surface area contributed by atoms with Crippen LogP contribution in [0.25, 0.3) is 11.1 Å². The molecule has 1 heterocycles. The lowest BCUT2D eigenvalue weighted by atomic mass is 9.91. The molecule has 1 saturated carbocycles. The number of ether oxygens (including phenoxy) is 1. The Morgan fingerprint density at radius 3 is 2.53 bits per heavy atom. The molecule has 0 unspecified atom stereocenters. The van der Waals surface area contributed by atoms with Crippen LogP contribution in [0.5, 0.6) is 0 Å². The second-order valence-electron chi connectivity index (χ2n) is 12.2. The van der Waals surface area contributed by atoms with Crippen molar-refractivity contribution in [1.82, 2.24) is 10.2 Å². The summed E-state index contributed by atoms with van der Waals surface area (Å²) < 4.78 is 28.9. The van der Waals surface area contributed by atoms with Crippen molar-refractivity contribution >= 4 is 33.5 Å². The van der Waals surface area contributed by atoms with E-state index in [1.807, 2.05) is 43.3 Å². The van der Waals surface area contributed by atoms with Crippen LogP contribution in [-0.4, -0.2) is 85.7 Å². The molecule has 2 aliphatic rings. The highest BCUT2D eigenvalue weighted by molar-refractivity contribution is 7.99. The Bertz CT molecular complexity index is 1360. The number of likely N-dealkylation sites (tertiary alicyclic amines) is 1. The summed E-state index contributed by atoms with van der Waals surface area (Å²) >= 11 is 2.12. The lowest BCUT2D eigenvalue weighted by Crippen LogP contribution is -2.42. The van der Waals surface area contributed by atoms with Crippen LogP contribution in [0.4, 0.5) is 0 Å². The normalized spacial score (nSPS) is 20.6. The summed E-state index contributed by atoms with van der Waals surface area (Å²) in [5.41, 5.74) is 4.05. The van der Waals surface area contributed by atoms with Gasteiger partial charge in [-0.25, -0.2) is 13.2 Å². The smallest absolute Gasteiger partial charge is 0.326 e. The summed E-state index contributed by atoms with van der Waals surface area (Å²) in [6.07, 6.45) is 8.77. The van der Waals surface area contributed by atoms with Crippen LogP contribution < -0.4 is 5.32 Å². The molecule has 0 spiro atoms. The first-order chi connectivity index (χ1) is 20.5. The van der Waals surface area contributed by atoms with Gasteiger partial charge >= 0.3 is 5.97 Å². The number of hydrogen-bond donors (Lipinski definition) is 2. The Morgan fingerprint density at radius 2 is 1.86 bits per heavy atom. The summed E-state index contributed by atoms with van der Waals surface area (Å²) in [5, 5.41) is 12.8. The van der Waals surface area contributed by atoms with Crippen molar-refractivity contribution in [3.63, 3.8) is 0 Å². The molecule has 1 aliphatic carbocycles. The molecule has 2 N–H and O–H groups in total. The van der Waals surface area contributed by atoms with Gasteiger partial charge in [0.2, 0.25) is 0 Å². The third-order valence-corrected chi connectivity index (χ3v) is 11.1. The minimum Gasteiger partial charge on any atom is -0.480 e. The highest BCUT2D eigenvalue weighted by Crippen LogP contribution is 2.35. The maximum Gasteiger partial charge on any atom is 0.326 e. The second-order valence-corrected chi connectivity index (χ2v) is 15.8. The van der Waals surface area contributed by atoms with Gasteiger partial charge < -0.3 is 15.2 Å². The van der Waals surface area contributed by atoms with Crippen LogP contribution in [0.2, 0.25) is 0 Å². The van der Waals surface area contributed by atoms with E-state index in [0.717, 1.165) is 53.9 Å². The fourth-order valence-corrected chi connectivity index (χ4v) is 8.49. The summed E-state index contributed by atoms with van der Waals surface area (Å²) in [4.78, 5) is 27.8. The number of rotatable bonds is 14. The van der Waals surface area contributed by atoms with Crippen LogP contribution in [0.3, 0.4) is 0 Å². The quantitative estimate of drug-likeness (QED) is 0.294. The van der Waals surface area contributed by atoms with Gasteiger partial charge in [0.1, 0.15) is 15.9 Å². The molecule has 4 rings (SSSR count). The third kappa shape index (κ3) is 9.80. The van der Waals surface area contributed by atoms with E-state index in [9.17, 15) is 23.1 Å². The number of thioether (sulfide) groups is 1. The molecule has 43 heavy (non-hydrogen) atoms. The molecule has 236 valence electrons. The van der Waals surface area contributed by atoms with Crippen molar-refractivity contribution in [3.05, 3.63) is 59.2 Å². The summed E-state index contributed by atoms with van der Waals surface area (Å²) in [6, 6.07) is 12.6. The molecular weight excluding hydrogens is 585 g/mol.